The predicted octanol–water partition coefficient (Wildman–Crippen LogP) is 4.29. The largest absolute Gasteiger partial charge is 0.471 e. The van der Waals surface area contributed by atoms with Gasteiger partial charge >= 0.3 is 12.1 Å². The highest BCUT2D eigenvalue weighted by Crippen LogP contribution is 2.31. The lowest BCUT2D eigenvalue weighted by Crippen LogP contribution is -2.36. The van der Waals surface area contributed by atoms with Crippen LogP contribution >= 0.6 is 12.4 Å². The summed E-state index contributed by atoms with van der Waals surface area (Å²) in [5, 5.41) is 1.70. The number of aromatic nitrogens is 1. The average Bonchev–Trinajstić information content (AvgIpc) is 2.52. The minimum atomic E-state index is -4.99. The van der Waals surface area contributed by atoms with E-state index in [9.17, 15) is 26.7 Å². The first-order valence-corrected chi connectivity index (χ1v) is 6.45. The maximum absolute atomic E-state index is 13.1. The molecule has 0 spiro atoms. The molecule has 0 aliphatic rings. The van der Waals surface area contributed by atoms with E-state index in [2.05, 4.69) is 4.98 Å². The van der Waals surface area contributed by atoms with Crippen LogP contribution in [0.4, 0.5) is 22.0 Å². The van der Waals surface area contributed by atoms with Crippen molar-refractivity contribution in [2.75, 3.05) is 0 Å². The number of carbonyl (C=O) groups excluding carboxylic acids is 1. The van der Waals surface area contributed by atoms with Crippen LogP contribution in [-0.2, 0) is 11.3 Å². The Morgan fingerprint density at radius 1 is 1.12 bits per heavy atom. The van der Waals surface area contributed by atoms with E-state index in [1.54, 1.807) is 5.32 Å². The third-order valence-electron chi connectivity index (χ3n) is 3.05. The van der Waals surface area contributed by atoms with Crippen molar-refractivity contribution in [3.8, 4) is 11.1 Å². The van der Waals surface area contributed by atoms with E-state index in [-0.39, 0.29) is 29.1 Å². The van der Waals surface area contributed by atoms with Crippen LogP contribution in [0.1, 0.15) is 17.6 Å². The Kier molecular flexibility index (Phi) is 6.65. The zero-order valence-corrected chi connectivity index (χ0v) is 12.8. The van der Waals surface area contributed by atoms with Crippen LogP contribution in [0, 0.1) is 0 Å². The number of amides is 1. The van der Waals surface area contributed by atoms with Gasteiger partial charge in [-0.3, -0.25) is 9.78 Å². The van der Waals surface area contributed by atoms with Crippen molar-refractivity contribution in [2.45, 2.75) is 19.1 Å². The number of alkyl halides is 5. The summed E-state index contributed by atoms with van der Waals surface area (Å²) in [6, 6.07) is 6.74. The molecule has 9 heteroatoms. The standard InChI is InChI=1S/C15H11F5N2O.ClH/c16-13(17)11-2-1-9(8-22-14(23)15(18,19)20)7-12(11)10-3-5-21-6-4-10;/h1-7,13H,8H2,(H,22,23);1H. The summed E-state index contributed by atoms with van der Waals surface area (Å²) in [7, 11) is 0. The zero-order chi connectivity index (χ0) is 17.0. The van der Waals surface area contributed by atoms with Gasteiger partial charge in [-0.25, -0.2) is 8.78 Å². The summed E-state index contributed by atoms with van der Waals surface area (Å²) in [6.07, 6.45) is -4.89. The van der Waals surface area contributed by atoms with E-state index in [1.807, 2.05) is 0 Å². The Labute approximate surface area is 140 Å². The molecule has 0 aliphatic carbocycles. The minimum Gasteiger partial charge on any atom is -0.344 e. The van der Waals surface area contributed by atoms with Crippen molar-refractivity contribution in [1.29, 1.82) is 0 Å². The molecule has 1 aromatic heterocycles. The second-order valence-electron chi connectivity index (χ2n) is 4.64. The predicted molar refractivity (Wildman–Crippen MR) is 79.8 cm³/mol. The molecule has 2 aromatic rings. The molecule has 0 aliphatic heterocycles. The molecule has 2 rings (SSSR count). The lowest BCUT2D eigenvalue weighted by molar-refractivity contribution is -0.173. The van der Waals surface area contributed by atoms with Crippen LogP contribution in [0.3, 0.4) is 0 Å². The zero-order valence-electron chi connectivity index (χ0n) is 12.0. The Bertz CT molecular complexity index is 692. The minimum absolute atomic E-state index is 0. The van der Waals surface area contributed by atoms with Crippen LogP contribution in [0.2, 0.25) is 0 Å². The van der Waals surface area contributed by atoms with Crippen molar-refractivity contribution < 1.29 is 26.7 Å². The Hall–Kier alpha value is -2.22. The van der Waals surface area contributed by atoms with Crippen LogP contribution in [0.5, 0.6) is 0 Å². The molecule has 130 valence electrons. The molecule has 0 bridgehead atoms. The molecule has 1 heterocycles. The quantitative estimate of drug-likeness (QED) is 0.820. The highest BCUT2D eigenvalue weighted by Gasteiger charge is 2.38. The lowest BCUT2D eigenvalue weighted by Gasteiger charge is -2.13. The summed E-state index contributed by atoms with van der Waals surface area (Å²) < 4.78 is 62.6. The van der Waals surface area contributed by atoms with E-state index in [4.69, 9.17) is 0 Å². The molecule has 0 saturated heterocycles. The third-order valence-corrected chi connectivity index (χ3v) is 3.05. The molecule has 0 radical (unpaired) electrons. The summed E-state index contributed by atoms with van der Waals surface area (Å²) in [4.78, 5) is 14.6. The number of hydrogen-bond acceptors (Lipinski definition) is 2. The van der Waals surface area contributed by atoms with Gasteiger partial charge in [-0.1, -0.05) is 12.1 Å². The number of nitrogens with zero attached hydrogens (tertiary/aromatic N) is 1. The summed E-state index contributed by atoms with van der Waals surface area (Å²) in [5.74, 6) is -2.08. The fourth-order valence-electron chi connectivity index (χ4n) is 1.97. The Balaban J connectivity index is 0.00000288. The fraction of sp³-hybridized carbons (Fsp3) is 0.200. The highest BCUT2D eigenvalue weighted by molar-refractivity contribution is 5.85. The molecule has 0 unspecified atom stereocenters. The number of rotatable bonds is 4. The highest BCUT2D eigenvalue weighted by atomic mass is 35.5. The number of hydrogen-bond donors (Lipinski definition) is 1. The maximum Gasteiger partial charge on any atom is 0.471 e. The summed E-state index contributed by atoms with van der Waals surface area (Å²) in [6.45, 7) is -0.417. The Morgan fingerprint density at radius 3 is 2.29 bits per heavy atom. The molecule has 1 aromatic carbocycles. The van der Waals surface area contributed by atoms with E-state index in [1.165, 1.54) is 36.7 Å². The van der Waals surface area contributed by atoms with Gasteiger partial charge in [0.1, 0.15) is 0 Å². The first-order valence-electron chi connectivity index (χ1n) is 6.45. The number of benzene rings is 1. The number of nitrogens with one attached hydrogen (secondary N) is 1. The monoisotopic (exact) mass is 366 g/mol. The molecule has 0 atom stereocenters. The molecule has 0 fully saturated rings. The van der Waals surface area contributed by atoms with Crippen molar-refractivity contribution in [3.63, 3.8) is 0 Å². The summed E-state index contributed by atoms with van der Waals surface area (Å²) >= 11 is 0. The van der Waals surface area contributed by atoms with Gasteiger partial charge in [0.05, 0.1) is 0 Å². The van der Waals surface area contributed by atoms with Crippen molar-refractivity contribution in [3.05, 3.63) is 53.9 Å². The fourth-order valence-corrected chi connectivity index (χ4v) is 1.97. The topological polar surface area (TPSA) is 42.0 Å². The molecule has 3 nitrogen and oxygen atoms in total. The maximum atomic E-state index is 13.1. The number of halogens is 6. The molecule has 1 N–H and O–H groups in total. The smallest absolute Gasteiger partial charge is 0.344 e. The van der Waals surface area contributed by atoms with Crippen LogP contribution < -0.4 is 5.32 Å². The van der Waals surface area contributed by atoms with Crippen LogP contribution in [0.25, 0.3) is 11.1 Å². The van der Waals surface area contributed by atoms with Gasteiger partial charge in [-0.2, -0.15) is 13.2 Å². The van der Waals surface area contributed by atoms with Crippen LogP contribution in [0.15, 0.2) is 42.7 Å². The van der Waals surface area contributed by atoms with Gasteiger partial charge in [-0.15, -0.1) is 12.4 Å². The van der Waals surface area contributed by atoms with Gasteiger partial charge in [0.2, 0.25) is 0 Å². The Morgan fingerprint density at radius 2 is 1.75 bits per heavy atom. The first-order chi connectivity index (χ1) is 10.8. The molecular formula is C15H12ClF5N2O. The number of carbonyl (C=O) groups is 1. The normalized spacial score (nSPS) is 11.1. The second-order valence-corrected chi connectivity index (χ2v) is 4.64. The van der Waals surface area contributed by atoms with Gasteiger partial charge in [0.25, 0.3) is 6.43 Å². The van der Waals surface area contributed by atoms with E-state index < -0.39 is 25.1 Å². The number of pyridine rings is 1. The molecule has 1 amide bonds. The second kappa shape index (κ2) is 8.05. The van der Waals surface area contributed by atoms with Gasteiger partial charge in [0, 0.05) is 24.5 Å². The third kappa shape index (κ3) is 4.89. The molecule has 0 saturated carbocycles. The van der Waals surface area contributed by atoms with Crippen molar-refractivity contribution in [1.82, 2.24) is 10.3 Å². The van der Waals surface area contributed by atoms with E-state index >= 15 is 0 Å². The van der Waals surface area contributed by atoms with Gasteiger partial charge in [-0.05, 0) is 34.9 Å². The first kappa shape index (κ1) is 19.8. The van der Waals surface area contributed by atoms with Crippen molar-refractivity contribution in [2.24, 2.45) is 0 Å². The lowest BCUT2D eigenvalue weighted by atomic mass is 9.98. The molecule has 24 heavy (non-hydrogen) atoms. The average molecular weight is 367 g/mol. The molecular weight excluding hydrogens is 355 g/mol. The SMILES string of the molecule is Cl.O=C(NCc1ccc(C(F)F)c(-c2ccncc2)c1)C(F)(F)F. The van der Waals surface area contributed by atoms with Gasteiger partial charge in [0.15, 0.2) is 0 Å². The van der Waals surface area contributed by atoms with Crippen molar-refractivity contribution >= 4 is 18.3 Å². The van der Waals surface area contributed by atoms with Crippen LogP contribution in [-0.4, -0.2) is 17.1 Å². The summed E-state index contributed by atoms with van der Waals surface area (Å²) in [5.41, 5.74) is 0.668. The van der Waals surface area contributed by atoms with Gasteiger partial charge < -0.3 is 5.32 Å². The van der Waals surface area contributed by atoms with E-state index in [0.717, 1.165) is 6.07 Å². The van der Waals surface area contributed by atoms with E-state index in [0.29, 0.717) is 5.56 Å².